The molecule has 0 aliphatic carbocycles. The second-order valence-corrected chi connectivity index (χ2v) is 10.4. The number of halogens is 1. The number of carbonyl (C=O) groups excluding carboxylic acids is 2. The van der Waals surface area contributed by atoms with E-state index in [4.69, 9.17) is 0 Å². The topological polar surface area (TPSA) is 62.3 Å². The third-order valence-electron chi connectivity index (χ3n) is 6.22. The van der Waals surface area contributed by atoms with Crippen molar-refractivity contribution in [3.63, 3.8) is 0 Å². The van der Waals surface area contributed by atoms with E-state index in [1.807, 2.05) is 49.4 Å². The van der Waals surface area contributed by atoms with E-state index < -0.39 is 18.3 Å². The van der Waals surface area contributed by atoms with Gasteiger partial charge in [-0.25, -0.2) is 9.37 Å². The van der Waals surface area contributed by atoms with E-state index in [-0.39, 0.29) is 31.2 Å². The lowest BCUT2D eigenvalue weighted by Gasteiger charge is -2.27. The summed E-state index contributed by atoms with van der Waals surface area (Å²) in [6.07, 6.45) is 0.583. The highest BCUT2D eigenvalue weighted by Gasteiger charge is 2.40. The molecule has 1 aromatic heterocycles. The van der Waals surface area contributed by atoms with Crippen molar-refractivity contribution in [1.29, 1.82) is 0 Å². The van der Waals surface area contributed by atoms with Crippen LogP contribution in [0.15, 0.2) is 60.8 Å². The normalized spacial score (nSPS) is 18.8. The predicted octanol–water partition coefficient (Wildman–Crippen LogP) is 4.96. The van der Waals surface area contributed by atoms with Gasteiger partial charge in [0.15, 0.2) is 0 Å². The minimum Gasteiger partial charge on any atom is -0.343 e. The summed E-state index contributed by atoms with van der Waals surface area (Å²) in [5.41, 5.74) is 3.09. The zero-order valence-electron chi connectivity index (χ0n) is 19.7. The fraction of sp³-hybridized carbons (Fsp3) is 0.370. The smallest absolute Gasteiger partial charge is 0.243 e. The molecule has 3 aromatic rings. The van der Waals surface area contributed by atoms with Crippen LogP contribution in [0, 0.1) is 6.92 Å². The maximum Gasteiger partial charge on any atom is 0.243 e. The Bertz CT molecular complexity index is 1130. The van der Waals surface area contributed by atoms with E-state index in [2.05, 4.69) is 36.3 Å². The Morgan fingerprint density at radius 3 is 2.35 bits per heavy atom. The summed E-state index contributed by atoms with van der Waals surface area (Å²) in [5, 5.41) is 3.98. The van der Waals surface area contributed by atoms with Crippen molar-refractivity contribution in [1.82, 2.24) is 15.2 Å². The van der Waals surface area contributed by atoms with Crippen LogP contribution in [0.3, 0.4) is 0 Å². The van der Waals surface area contributed by atoms with Gasteiger partial charge in [-0.1, -0.05) is 68.4 Å². The van der Waals surface area contributed by atoms with Crippen molar-refractivity contribution in [2.75, 3.05) is 6.54 Å². The van der Waals surface area contributed by atoms with Gasteiger partial charge in [0.2, 0.25) is 11.8 Å². The highest BCUT2D eigenvalue weighted by molar-refractivity contribution is 7.11. The number of benzene rings is 2. The molecule has 1 aliphatic heterocycles. The number of carbonyl (C=O) groups is 2. The van der Waals surface area contributed by atoms with Gasteiger partial charge in [-0.15, -0.1) is 11.3 Å². The molecule has 0 saturated carbocycles. The summed E-state index contributed by atoms with van der Waals surface area (Å²) >= 11 is 1.44. The first kappa shape index (κ1) is 24.1. The van der Waals surface area contributed by atoms with Crippen molar-refractivity contribution in [3.8, 4) is 0 Å². The van der Waals surface area contributed by atoms with E-state index >= 15 is 0 Å². The van der Waals surface area contributed by atoms with Crippen LogP contribution in [0.25, 0.3) is 0 Å². The van der Waals surface area contributed by atoms with E-state index in [0.29, 0.717) is 5.92 Å². The number of hydrogen-bond acceptors (Lipinski definition) is 4. The van der Waals surface area contributed by atoms with Gasteiger partial charge < -0.3 is 10.2 Å². The molecule has 178 valence electrons. The molecule has 2 amide bonds. The number of rotatable bonds is 7. The van der Waals surface area contributed by atoms with Gasteiger partial charge >= 0.3 is 0 Å². The Morgan fingerprint density at radius 2 is 1.74 bits per heavy atom. The molecule has 1 fully saturated rings. The van der Waals surface area contributed by atoms with Crippen LogP contribution in [-0.2, 0) is 16.0 Å². The SMILES string of the molecule is Cc1ncc(CC(=O)N2C[C@H](F)C[C@H]2C(=O)N[C@@H](c2ccccc2)c2ccc(C(C)C)cc2)s1. The van der Waals surface area contributed by atoms with Crippen LogP contribution >= 0.6 is 11.3 Å². The zero-order chi connectivity index (χ0) is 24.2. The summed E-state index contributed by atoms with van der Waals surface area (Å²) in [4.78, 5) is 32.8. The van der Waals surface area contributed by atoms with Crippen molar-refractivity contribution in [2.45, 2.75) is 57.8 Å². The number of nitrogens with one attached hydrogen (secondary N) is 1. The molecular weight excluding hydrogens is 449 g/mol. The molecule has 0 bridgehead atoms. The molecule has 3 atom stereocenters. The summed E-state index contributed by atoms with van der Waals surface area (Å²) in [7, 11) is 0. The second kappa shape index (κ2) is 10.5. The number of amides is 2. The first-order valence-electron chi connectivity index (χ1n) is 11.6. The lowest BCUT2D eigenvalue weighted by molar-refractivity contribution is -0.138. The van der Waals surface area contributed by atoms with Crippen LogP contribution in [0.2, 0.25) is 0 Å². The van der Waals surface area contributed by atoms with Crippen LogP contribution in [0.5, 0.6) is 0 Å². The first-order chi connectivity index (χ1) is 16.3. The molecule has 4 rings (SSSR count). The van der Waals surface area contributed by atoms with Crippen LogP contribution in [-0.4, -0.2) is 40.5 Å². The standard InChI is InChI=1S/C27H30FN3O2S/c1-17(2)19-9-11-21(12-10-19)26(20-7-5-4-6-8-20)30-27(33)24-13-22(28)16-31(24)25(32)14-23-15-29-18(3)34-23/h4-12,15,17,22,24,26H,13-14,16H2,1-3H3,(H,30,33)/t22-,24+,26+/m1/s1. The lowest BCUT2D eigenvalue weighted by Crippen LogP contribution is -2.47. The molecule has 7 heteroatoms. The molecule has 34 heavy (non-hydrogen) atoms. The number of aromatic nitrogens is 1. The molecule has 0 radical (unpaired) electrons. The molecule has 0 spiro atoms. The molecule has 2 heterocycles. The van der Waals surface area contributed by atoms with Crippen molar-refractivity contribution < 1.29 is 14.0 Å². The quantitative estimate of drug-likeness (QED) is 0.521. The third kappa shape index (κ3) is 5.53. The highest BCUT2D eigenvalue weighted by Crippen LogP contribution is 2.27. The van der Waals surface area contributed by atoms with E-state index in [1.165, 1.54) is 21.8 Å². The first-order valence-corrected chi connectivity index (χ1v) is 12.4. The van der Waals surface area contributed by atoms with E-state index in [0.717, 1.165) is 21.0 Å². The van der Waals surface area contributed by atoms with Crippen molar-refractivity contribution in [3.05, 3.63) is 87.4 Å². The average Bonchev–Trinajstić information content (AvgIpc) is 3.43. The summed E-state index contributed by atoms with van der Waals surface area (Å²) in [5.74, 6) is -0.182. The monoisotopic (exact) mass is 479 g/mol. The van der Waals surface area contributed by atoms with Crippen molar-refractivity contribution in [2.24, 2.45) is 0 Å². The van der Waals surface area contributed by atoms with Gasteiger partial charge in [-0.05, 0) is 29.5 Å². The Morgan fingerprint density at radius 1 is 1.09 bits per heavy atom. The van der Waals surface area contributed by atoms with Crippen LogP contribution < -0.4 is 5.32 Å². The number of aryl methyl sites for hydroxylation is 1. The summed E-state index contributed by atoms with van der Waals surface area (Å²) in [6, 6.07) is 16.7. The minimum absolute atomic E-state index is 0.00703. The van der Waals surface area contributed by atoms with Crippen LogP contribution in [0.4, 0.5) is 4.39 Å². The number of alkyl halides is 1. The molecule has 1 saturated heterocycles. The number of hydrogen-bond donors (Lipinski definition) is 1. The Kier molecular flexibility index (Phi) is 7.41. The van der Waals surface area contributed by atoms with E-state index in [9.17, 15) is 14.0 Å². The Labute approximate surface area is 204 Å². The maximum absolute atomic E-state index is 14.4. The molecule has 1 aliphatic rings. The largest absolute Gasteiger partial charge is 0.343 e. The number of likely N-dealkylation sites (tertiary alicyclic amines) is 1. The zero-order valence-corrected chi connectivity index (χ0v) is 20.5. The van der Waals surface area contributed by atoms with Crippen molar-refractivity contribution >= 4 is 23.2 Å². The molecular formula is C27H30FN3O2S. The fourth-order valence-electron chi connectivity index (χ4n) is 4.36. The van der Waals surface area contributed by atoms with Gasteiger partial charge in [0.05, 0.1) is 24.0 Å². The molecule has 1 N–H and O–H groups in total. The average molecular weight is 480 g/mol. The van der Waals surface area contributed by atoms with Gasteiger partial charge in [-0.2, -0.15) is 0 Å². The predicted molar refractivity (Wildman–Crippen MR) is 133 cm³/mol. The fourth-order valence-corrected chi connectivity index (χ4v) is 5.15. The third-order valence-corrected chi connectivity index (χ3v) is 7.14. The number of thiazole rings is 1. The highest BCUT2D eigenvalue weighted by atomic mass is 32.1. The Hall–Kier alpha value is -3.06. The molecule has 5 nitrogen and oxygen atoms in total. The van der Waals surface area contributed by atoms with Gasteiger partial charge in [-0.3, -0.25) is 9.59 Å². The summed E-state index contributed by atoms with van der Waals surface area (Å²) < 4.78 is 14.4. The maximum atomic E-state index is 14.4. The number of nitrogens with zero attached hydrogens (tertiary/aromatic N) is 2. The van der Waals surface area contributed by atoms with Gasteiger partial charge in [0, 0.05) is 17.5 Å². The summed E-state index contributed by atoms with van der Waals surface area (Å²) in [6.45, 7) is 6.09. The van der Waals surface area contributed by atoms with Gasteiger partial charge in [0.25, 0.3) is 0 Å². The molecule has 0 unspecified atom stereocenters. The second-order valence-electron chi connectivity index (χ2n) is 9.09. The minimum atomic E-state index is -1.22. The van der Waals surface area contributed by atoms with Crippen LogP contribution in [0.1, 0.15) is 58.8 Å². The van der Waals surface area contributed by atoms with E-state index in [1.54, 1.807) is 6.20 Å². The lowest BCUT2D eigenvalue weighted by atomic mass is 9.95. The van der Waals surface area contributed by atoms with Gasteiger partial charge in [0.1, 0.15) is 12.2 Å². The molecule has 2 aromatic carbocycles. The Balaban J connectivity index is 1.55.